The molecule has 0 saturated carbocycles. The van der Waals surface area contributed by atoms with Gasteiger partial charge in [-0.05, 0) is 53.8 Å². The molecular weight excluding hydrogens is 587 g/mol. The first-order valence-electron chi connectivity index (χ1n) is 12.8. The Morgan fingerprint density at radius 1 is 0.651 bits per heavy atom. The molecule has 0 bridgehead atoms. The van der Waals surface area contributed by atoms with Gasteiger partial charge in [-0.2, -0.15) is 8.78 Å². The average Bonchev–Trinajstić information content (AvgIpc) is 2.93. The molecule has 224 valence electrons. The molecule has 0 saturated heterocycles. The molecule has 4 aromatic rings. The van der Waals surface area contributed by atoms with Crippen molar-refractivity contribution in [2.75, 3.05) is 0 Å². The van der Waals surface area contributed by atoms with E-state index in [2.05, 4.69) is 16.4 Å². The van der Waals surface area contributed by atoms with Crippen molar-refractivity contribution >= 4 is 0 Å². The molecule has 11 heteroatoms. The Hall–Kier alpha value is -4.59. The first-order valence-corrected chi connectivity index (χ1v) is 12.8. The molecule has 4 rings (SSSR count). The summed E-state index contributed by atoms with van der Waals surface area (Å²) >= 11 is 0. The lowest BCUT2D eigenvalue weighted by Gasteiger charge is -2.19. The molecule has 0 heterocycles. The Morgan fingerprint density at radius 3 is 1.70 bits per heavy atom. The summed E-state index contributed by atoms with van der Waals surface area (Å²) in [5.74, 6) is -5.06. The summed E-state index contributed by atoms with van der Waals surface area (Å²) in [5.41, 5.74) is 0.526. The normalized spacial score (nSPS) is 11.6. The second-order valence-corrected chi connectivity index (χ2v) is 9.33. The van der Waals surface area contributed by atoms with Crippen molar-refractivity contribution < 1.29 is 49.0 Å². The van der Waals surface area contributed by atoms with Crippen LogP contribution in [-0.4, -0.2) is 6.36 Å². The predicted molar refractivity (Wildman–Crippen MR) is 140 cm³/mol. The zero-order valence-corrected chi connectivity index (χ0v) is 22.3. The third-order valence-corrected chi connectivity index (χ3v) is 6.14. The number of rotatable bonds is 8. The number of aryl methyl sites for hydroxylation is 1. The molecule has 2 nitrogen and oxygen atoms in total. The van der Waals surface area contributed by atoms with Gasteiger partial charge in [0.05, 0.1) is 11.1 Å². The van der Waals surface area contributed by atoms with Crippen molar-refractivity contribution in [3.8, 4) is 34.5 Å². The van der Waals surface area contributed by atoms with Crippen LogP contribution in [0, 0.1) is 35.1 Å². The standard InChI is InChI=1S/C32H21F9O2/c1-2-3-4-19-5-8-21(9-6-19)22-10-12-23(13-11-22)31(37,38)42-24-17-26(33)25(27(34)18-24)14-7-20-15-28(35)30(29(36)16-20)43-32(39,40)41/h5-6,8-13,15-18H,2-4H2,1H3. The fourth-order valence-corrected chi connectivity index (χ4v) is 4.02. The van der Waals surface area contributed by atoms with Crippen LogP contribution >= 0.6 is 0 Å². The highest BCUT2D eigenvalue weighted by molar-refractivity contribution is 5.64. The summed E-state index contributed by atoms with van der Waals surface area (Å²) in [6, 6.07) is 14.5. The van der Waals surface area contributed by atoms with Crippen molar-refractivity contribution in [3.63, 3.8) is 0 Å². The van der Waals surface area contributed by atoms with Gasteiger partial charge in [-0.3, -0.25) is 0 Å². The van der Waals surface area contributed by atoms with Crippen LogP contribution in [0.25, 0.3) is 11.1 Å². The van der Waals surface area contributed by atoms with E-state index in [9.17, 15) is 39.5 Å². The molecule has 0 aliphatic rings. The zero-order valence-electron chi connectivity index (χ0n) is 22.3. The predicted octanol–water partition coefficient (Wildman–Crippen LogP) is 9.68. The molecule has 0 aromatic heterocycles. The Balaban J connectivity index is 1.49. The maximum Gasteiger partial charge on any atom is 0.573 e. The Labute approximate surface area is 240 Å². The van der Waals surface area contributed by atoms with E-state index in [4.69, 9.17) is 0 Å². The van der Waals surface area contributed by atoms with Crippen molar-refractivity contribution in [2.45, 2.75) is 38.7 Å². The summed E-state index contributed by atoms with van der Waals surface area (Å²) in [4.78, 5) is 0. The number of hydrogen-bond donors (Lipinski definition) is 0. The highest BCUT2D eigenvalue weighted by atomic mass is 19.4. The summed E-state index contributed by atoms with van der Waals surface area (Å²) < 4.78 is 131. The Morgan fingerprint density at radius 2 is 1.19 bits per heavy atom. The minimum absolute atomic E-state index is 0.360. The number of unbranched alkanes of at least 4 members (excludes halogenated alkanes) is 1. The molecule has 0 aliphatic carbocycles. The Bertz CT molecular complexity index is 1600. The van der Waals surface area contributed by atoms with E-state index >= 15 is 0 Å². The molecular formula is C32H21F9O2. The minimum atomic E-state index is -5.37. The van der Waals surface area contributed by atoms with Crippen LogP contribution in [0.2, 0.25) is 0 Å². The third kappa shape index (κ3) is 8.03. The number of benzene rings is 4. The number of halogens is 9. The second kappa shape index (κ2) is 12.7. The summed E-state index contributed by atoms with van der Waals surface area (Å²) in [7, 11) is 0. The van der Waals surface area contributed by atoms with Gasteiger partial charge in [0.1, 0.15) is 17.4 Å². The molecule has 0 amide bonds. The van der Waals surface area contributed by atoms with Crippen molar-refractivity contribution in [2.24, 2.45) is 0 Å². The van der Waals surface area contributed by atoms with E-state index in [-0.39, 0.29) is 0 Å². The van der Waals surface area contributed by atoms with E-state index in [0.29, 0.717) is 29.8 Å². The highest BCUT2D eigenvalue weighted by Crippen LogP contribution is 2.34. The van der Waals surface area contributed by atoms with E-state index in [1.165, 1.54) is 12.1 Å². The molecule has 0 aliphatic heterocycles. The van der Waals surface area contributed by atoms with Crippen LogP contribution in [0.4, 0.5) is 39.5 Å². The lowest BCUT2D eigenvalue weighted by molar-refractivity contribution is -0.276. The van der Waals surface area contributed by atoms with Gasteiger partial charge in [0, 0.05) is 17.7 Å². The van der Waals surface area contributed by atoms with Crippen LogP contribution in [0.1, 0.15) is 42.0 Å². The van der Waals surface area contributed by atoms with Crippen LogP contribution < -0.4 is 9.47 Å². The quantitative estimate of drug-likeness (QED) is 0.147. The Kier molecular flexibility index (Phi) is 9.28. The van der Waals surface area contributed by atoms with Crippen LogP contribution in [-0.2, 0) is 12.5 Å². The van der Waals surface area contributed by atoms with E-state index in [1.807, 2.05) is 36.1 Å². The zero-order chi connectivity index (χ0) is 31.4. The van der Waals surface area contributed by atoms with Gasteiger partial charge in [-0.1, -0.05) is 61.6 Å². The number of ether oxygens (including phenoxy) is 2. The molecule has 0 spiro atoms. The molecule has 0 fully saturated rings. The SMILES string of the molecule is CCCCc1ccc(-c2ccc(C(F)(F)Oc3cc(F)c(C#Cc4cc(F)c(OC(F)(F)F)c(F)c4)c(F)c3)cc2)cc1. The van der Waals surface area contributed by atoms with Gasteiger partial charge in [-0.15, -0.1) is 13.2 Å². The van der Waals surface area contributed by atoms with Crippen molar-refractivity contribution in [3.05, 3.63) is 118 Å². The fraction of sp³-hybridized carbons (Fsp3) is 0.188. The van der Waals surface area contributed by atoms with Gasteiger partial charge >= 0.3 is 12.5 Å². The summed E-state index contributed by atoms with van der Waals surface area (Å²) in [6.45, 7) is 2.09. The molecule has 0 radical (unpaired) electrons. The number of alkyl halides is 5. The van der Waals surface area contributed by atoms with E-state index in [1.54, 1.807) is 0 Å². The second-order valence-electron chi connectivity index (χ2n) is 9.33. The minimum Gasteiger partial charge on any atom is -0.429 e. The van der Waals surface area contributed by atoms with Crippen molar-refractivity contribution in [1.29, 1.82) is 0 Å². The number of hydrogen-bond acceptors (Lipinski definition) is 2. The molecule has 0 unspecified atom stereocenters. The van der Waals surface area contributed by atoms with Gasteiger partial charge in [0.15, 0.2) is 11.6 Å². The topological polar surface area (TPSA) is 18.5 Å². The van der Waals surface area contributed by atoms with E-state index < -0.39 is 63.9 Å². The maximum absolute atomic E-state index is 14.8. The largest absolute Gasteiger partial charge is 0.573 e. The van der Waals surface area contributed by atoms with E-state index in [0.717, 1.165) is 42.5 Å². The van der Waals surface area contributed by atoms with Crippen LogP contribution in [0.5, 0.6) is 11.5 Å². The molecule has 0 atom stereocenters. The monoisotopic (exact) mass is 608 g/mol. The van der Waals surface area contributed by atoms with Crippen LogP contribution in [0.15, 0.2) is 72.8 Å². The van der Waals surface area contributed by atoms with Gasteiger partial charge in [0.2, 0.25) is 5.75 Å². The van der Waals surface area contributed by atoms with Gasteiger partial charge < -0.3 is 9.47 Å². The highest BCUT2D eigenvalue weighted by Gasteiger charge is 2.35. The molecule has 43 heavy (non-hydrogen) atoms. The first-order chi connectivity index (χ1) is 20.3. The lowest BCUT2D eigenvalue weighted by Crippen LogP contribution is -2.22. The molecule has 4 aromatic carbocycles. The van der Waals surface area contributed by atoms with Gasteiger partial charge in [0.25, 0.3) is 0 Å². The fourth-order valence-electron chi connectivity index (χ4n) is 4.02. The average molecular weight is 609 g/mol. The van der Waals surface area contributed by atoms with Crippen molar-refractivity contribution in [1.82, 2.24) is 0 Å². The van der Waals surface area contributed by atoms with Crippen LogP contribution in [0.3, 0.4) is 0 Å². The third-order valence-electron chi connectivity index (χ3n) is 6.14. The van der Waals surface area contributed by atoms with Gasteiger partial charge in [-0.25, -0.2) is 17.6 Å². The lowest BCUT2D eigenvalue weighted by atomic mass is 10.0. The summed E-state index contributed by atoms with van der Waals surface area (Å²) in [5, 5.41) is 0. The smallest absolute Gasteiger partial charge is 0.429 e. The maximum atomic E-state index is 14.8. The molecule has 0 N–H and O–H groups in total. The first kappa shape index (κ1) is 31.3. The summed E-state index contributed by atoms with van der Waals surface area (Å²) in [6.07, 6.45) is -6.30.